The maximum Gasteiger partial charge on any atom is 0.127 e. The van der Waals surface area contributed by atoms with E-state index in [1.54, 1.807) is 11.4 Å². The smallest absolute Gasteiger partial charge is 0.127 e. The van der Waals surface area contributed by atoms with E-state index in [-0.39, 0.29) is 6.61 Å². The highest BCUT2D eigenvalue weighted by Gasteiger charge is 2.53. The zero-order valence-corrected chi connectivity index (χ0v) is 11.3. The molecule has 0 aliphatic heterocycles. The molecule has 1 fully saturated rings. The van der Waals surface area contributed by atoms with Crippen LogP contribution in [-0.2, 0) is 11.0 Å². The van der Waals surface area contributed by atoms with Crippen molar-refractivity contribution < 1.29 is 13.7 Å². The number of aliphatic hydroxyl groups is 1. The number of alkyl halides is 1. The average molecular weight is 251 g/mol. The molecule has 0 aromatic carbocycles. The van der Waals surface area contributed by atoms with Crippen LogP contribution in [0.25, 0.3) is 0 Å². The van der Waals surface area contributed by atoms with Gasteiger partial charge in [-0.2, -0.15) is 0 Å². The van der Waals surface area contributed by atoms with E-state index in [0.717, 1.165) is 0 Å². The van der Waals surface area contributed by atoms with Gasteiger partial charge in [-0.3, -0.25) is 0 Å². The molecule has 0 spiro atoms. The Bertz CT molecular complexity index is 274. The van der Waals surface area contributed by atoms with Gasteiger partial charge in [0.05, 0.1) is 21.8 Å². The first-order valence-corrected chi connectivity index (χ1v) is 6.77. The van der Waals surface area contributed by atoms with E-state index in [1.807, 2.05) is 20.8 Å². The van der Waals surface area contributed by atoms with Crippen LogP contribution in [0.5, 0.6) is 0 Å². The fourth-order valence-corrected chi connectivity index (χ4v) is 3.28. The zero-order valence-electron chi connectivity index (χ0n) is 10.5. The maximum absolute atomic E-state index is 14.1. The molecule has 0 heterocycles. The van der Waals surface area contributed by atoms with Gasteiger partial charge in [0.25, 0.3) is 0 Å². The Morgan fingerprint density at radius 3 is 2.31 bits per heavy atom. The third-order valence-electron chi connectivity index (χ3n) is 2.95. The molecule has 0 saturated heterocycles. The summed E-state index contributed by atoms with van der Waals surface area (Å²) in [4.78, 5) is 0. The maximum atomic E-state index is 14.1. The first-order chi connectivity index (χ1) is 7.22. The lowest BCUT2D eigenvalue weighted by atomic mass is 10.1. The lowest BCUT2D eigenvalue weighted by molar-refractivity contribution is 0.142. The quantitative estimate of drug-likeness (QED) is 0.807. The second-order valence-corrected chi connectivity index (χ2v) is 7.77. The Kier molecular flexibility index (Phi) is 4.13. The van der Waals surface area contributed by atoms with Gasteiger partial charge in [0.1, 0.15) is 5.67 Å². The minimum Gasteiger partial charge on any atom is -0.396 e. The standard InChI is InChI=1S/C11H22FNO2S/c1-10(2,3)16(15)13(4)9(5-8-14)11(12)6-7-11/h9,14H,5-8H2,1-4H3/t9-,16?/m0/s1. The molecule has 1 N–H and O–H groups in total. The van der Waals surface area contributed by atoms with Crippen molar-refractivity contribution in [2.45, 2.75) is 56.5 Å². The van der Waals surface area contributed by atoms with Crippen LogP contribution in [0.2, 0.25) is 0 Å². The molecule has 2 atom stereocenters. The Balaban J connectivity index is 2.75. The van der Waals surface area contributed by atoms with E-state index in [2.05, 4.69) is 0 Å². The molecule has 0 aromatic rings. The van der Waals surface area contributed by atoms with Crippen molar-refractivity contribution in [1.82, 2.24) is 4.31 Å². The summed E-state index contributed by atoms with van der Waals surface area (Å²) < 4.78 is 27.4. The van der Waals surface area contributed by atoms with Gasteiger partial charge in [0, 0.05) is 13.7 Å². The molecule has 16 heavy (non-hydrogen) atoms. The molecule has 1 aliphatic carbocycles. The van der Waals surface area contributed by atoms with Crippen molar-refractivity contribution in [3.05, 3.63) is 0 Å². The fourth-order valence-electron chi connectivity index (χ4n) is 1.89. The summed E-state index contributed by atoms with van der Waals surface area (Å²) in [6.45, 7) is 5.54. The van der Waals surface area contributed by atoms with Crippen LogP contribution in [0.1, 0.15) is 40.0 Å². The molecule has 1 aliphatic rings. The van der Waals surface area contributed by atoms with Crippen LogP contribution in [0.4, 0.5) is 4.39 Å². The summed E-state index contributed by atoms with van der Waals surface area (Å²) in [6, 6.07) is -0.433. The topological polar surface area (TPSA) is 40.5 Å². The third-order valence-corrected chi connectivity index (χ3v) is 4.78. The Labute approximate surface area is 99.6 Å². The highest BCUT2D eigenvalue weighted by molar-refractivity contribution is 7.84. The first kappa shape index (κ1) is 14.1. The van der Waals surface area contributed by atoms with Crippen LogP contribution < -0.4 is 0 Å². The Hall–Kier alpha value is -0.0000000000000000555. The van der Waals surface area contributed by atoms with E-state index in [0.29, 0.717) is 19.3 Å². The van der Waals surface area contributed by atoms with E-state index in [9.17, 15) is 8.60 Å². The van der Waals surface area contributed by atoms with Crippen LogP contribution in [0, 0.1) is 0 Å². The Morgan fingerprint density at radius 2 is 2.00 bits per heavy atom. The van der Waals surface area contributed by atoms with E-state index >= 15 is 0 Å². The van der Waals surface area contributed by atoms with Gasteiger partial charge in [0.2, 0.25) is 0 Å². The van der Waals surface area contributed by atoms with E-state index in [4.69, 9.17) is 5.11 Å². The van der Waals surface area contributed by atoms with E-state index in [1.165, 1.54) is 0 Å². The minimum atomic E-state index is -1.24. The van der Waals surface area contributed by atoms with Crippen LogP contribution in [0.15, 0.2) is 0 Å². The highest BCUT2D eigenvalue weighted by atomic mass is 32.2. The Morgan fingerprint density at radius 1 is 1.50 bits per heavy atom. The van der Waals surface area contributed by atoms with Crippen molar-refractivity contribution in [3.63, 3.8) is 0 Å². The molecule has 0 radical (unpaired) electrons. The summed E-state index contributed by atoms with van der Waals surface area (Å²) in [5.74, 6) is 0. The molecule has 0 aromatic heterocycles. The van der Waals surface area contributed by atoms with Gasteiger partial charge in [-0.1, -0.05) is 0 Å². The predicted molar refractivity (Wildman–Crippen MR) is 64.2 cm³/mol. The van der Waals surface area contributed by atoms with Crippen LogP contribution >= 0.6 is 0 Å². The molecule has 96 valence electrons. The van der Waals surface area contributed by atoms with E-state index < -0.39 is 27.4 Å². The summed E-state index contributed by atoms with van der Waals surface area (Å²) in [7, 11) is 0.444. The second-order valence-electron chi connectivity index (χ2n) is 5.47. The van der Waals surface area contributed by atoms with Crippen LogP contribution in [0.3, 0.4) is 0 Å². The zero-order chi connectivity index (χ0) is 12.6. The largest absolute Gasteiger partial charge is 0.396 e. The summed E-state index contributed by atoms with van der Waals surface area (Å²) in [6.07, 6.45) is 1.38. The molecule has 3 nitrogen and oxygen atoms in total. The SMILES string of the molecule is CN([C@@H](CCO)C1(F)CC1)S(=O)C(C)(C)C. The molecule has 0 bridgehead atoms. The second kappa shape index (κ2) is 4.70. The highest BCUT2D eigenvalue weighted by Crippen LogP contribution is 2.46. The van der Waals surface area contributed by atoms with Gasteiger partial charge < -0.3 is 5.11 Å². The van der Waals surface area contributed by atoms with Crippen molar-refractivity contribution in [2.24, 2.45) is 0 Å². The predicted octanol–water partition coefficient (Wildman–Crippen LogP) is 1.63. The number of halogens is 1. The van der Waals surface area contributed by atoms with Gasteiger partial charge in [-0.25, -0.2) is 12.9 Å². The molecule has 1 rings (SSSR count). The van der Waals surface area contributed by atoms with Gasteiger partial charge >= 0.3 is 0 Å². The molecule has 1 saturated carbocycles. The third kappa shape index (κ3) is 3.02. The van der Waals surface area contributed by atoms with Crippen LogP contribution in [-0.4, -0.2) is 43.7 Å². The van der Waals surface area contributed by atoms with Gasteiger partial charge in [0.15, 0.2) is 0 Å². The molecular weight excluding hydrogens is 229 g/mol. The number of rotatable bonds is 5. The van der Waals surface area contributed by atoms with Crippen molar-refractivity contribution >= 4 is 11.0 Å². The number of hydrogen-bond acceptors (Lipinski definition) is 2. The summed E-state index contributed by atoms with van der Waals surface area (Å²) in [5.41, 5.74) is -1.24. The minimum absolute atomic E-state index is 0.0674. The molecular formula is C11H22FNO2S. The molecule has 0 amide bonds. The summed E-state index contributed by atoms with van der Waals surface area (Å²) >= 11 is 0. The molecule has 5 heteroatoms. The fraction of sp³-hybridized carbons (Fsp3) is 1.00. The average Bonchev–Trinajstić information content (AvgIpc) is 2.90. The summed E-state index contributed by atoms with van der Waals surface area (Å²) in [5, 5.41) is 8.97. The molecule has 1 unspecified atom stereocenters. The normalized spacial score (nSPS) is 23.2. The van der Waals surface area contributed by atoms with Crippen molar-refractivity contribution in [3.8, 4) is 0 Å². The first-order valence-electron chi connectivity index (χ1n) is 5.67. The lowest BCUT2D eigenvalue weighted by Crippen LogP contribution is -2.47. The van der Waals surface area contributed by atoms with Gasteiger partial charge in [-0.05, 0) is 40.0 Å². The number of hydrogen-bond donors (Lipinski definition) is 1. The lowest BCUT2D eigenvalue weighted by Gasteiger charge is -2.33. The number of aliphatic hydroxyl groups excluding tert-OH is 1. The monoisotopic (exact) mass is 251 g/mol. The van der Waals surface area contributed by atoms with Gasteiger partial charge in [-0.15, -0.1) is 0 Å². The number of nitrogens with zero attached hydrogens (tertiary/aromatic N) is 1. The van der Waals surface area contributed by atoms with Crippen molar-refractivity contribution in [2.75, 3.05) is 13.7 Å². The van der Waals surface area contributed by atoms with Crippen molar-refractivity contribution in [1.29, 1.82) is 0 Å².